The van der Waals surface area contributed by atoms with Crippen LogP contribution in [0.3, 0.4) is 0 Å². The van der Waals surface area contributed by atoms with Gasteiger partial charge in [-0.1, -0.05) is 25.1 Å². The fourth-order valence-corrected chi connectivity index (χ4v) is 1.67. The Morgan fingerprint density at radius 1 is 1.18 bits per heavy atom. The van der Waals surface area contributed by atoms with Crippen LogP contribution in [0, 0.1) is 18.3 Å². The third-order valence-electron chi connectivity index (χ3n) is 2.70. The van der Waals surface area contributed by atoms with E-state index in [4.69, 9.17) is 5.26 Å². The standard InChI is InChI=1S/C13H11N5.C3H5N/c1-10-5-4-6-11(9-10)18-16-13(15-17-18)12-7-2-3-8-14-12;1-2-3-4/h2-9H,1H3;2H2,1H3. The Kier molecular flexibility index (Phi) is 5.32. The predicted molar refractivity (Wildman–Crippen MR) is 83.0 cm³/mol. The Labute approximate surface area is 129 Å². The summed E-state index contributed by atoms with van der Waals surface area (Å²) in [6.45, 7) is 3.85. The van der Waals surface area contributed by atoms with Crippen molar-refractivity contribution in [2.45, 2.75) is 20.3 Å². The van der Waals surface area contributed by atoms with Crippen molar-refractivity contribution in [2.75, 3.05) is 0 Å². The van der Waals surface area contributed by atoms with Crippen molar-refractivity contribution < 1.29 is 0 Å². The molecule has 2 heterocycles. The SMILES string of the molecule is CCC#N.Cc1cccc(-n2nnc(-c3ccccn3)n2)c1. The smallest absolute Gasteiger partial charge is 0.223 e. The molecule has 3 rings (SSSR count). The van der Waals surface area contributed by atoms with E-state index in [2.05, 4.69) is 20.4 Å². The monoisotopic (exact) mass is 292 g/mol. The molecule has 0 saturated carbocycles. The van der Waals surface area contributed by atoms with Gasteiger partial charge in [0.2, 0.25) is 5.82 Å². The van der Waals surface area contributed by atoms with Crippen molar-refractivity contribution in [2.24, 2.45) is 0 Å². The summed E-state index contributed by atoms with van der Waals surface area (Å²) in [5.74, 6) is 0.525. The molecule has 0 atom stereocenters. The Bertz CT molecular complexity index is 758. The van der Waals surface area contributed by atoms with Crippen LogP contribution in [-0.2, 0) is 0 Å². The molecule has 6 heteroatoms. The lowest BCUT2D eigenvalue weighted by atomic mass is 10.2. The number of nitriles is 1. The van der Waals surface area contributed by atoms with Gasteiger partial charge in [0.25, 0.3) is 0 Å². The van der Waals surface area contributed by atoms with Crippen molar-refractivity contribution in [3.63, 3.8) is 0 Å². The largest absolute Gasteiger partial charge is 0.253 e. The molecule has 3 aromatic rings. The highest BCUT2D eigenvalue weighted by Gasteiger charge is 2.07. The van der Waals surface area contributed by atoms with Gasteiger partial charge in [-0.2, -0.15) is 5.26 Å². The van der Waals surface area contributed by atoms with E-state index in [1.807, 2.05) is 62.4 Å². The molecule has 0 fully saturated rings. The fourth-order valence-electron chi connectivity index (χ4n) is 1.67. The number of benzene rings is 1. The second-order valence-corrected chi connectivity index (χ2v) is 4.47. The molecule has 0 bridgehead atoms. The summed E-state index contributed by atoms with van der Waals surface area (Å²) in [7, 11) is 0. The van der Waals surface area contributed by atoms with Gasteiger partial charge in [-0.15, -0.1) is 15.0 Å². The fraction of sp³-hybridized carbons (Fsp3) is 0.188. The minimum absolute atomic E-state index is 0.525. The first-order chi connectivity index (χ1) is 10.7. The van der Waals surface area contributed by atoms with Gasteiger partial charge in [0, 0.05) is 12.6 Å². The summed E-state index contributed by atoms with van der Waals surface area (Å²) >= 11 is 0. The molecular formula is C16H16N6. The maximum Gasteiger partial charge on any atom is 0.223 e. The Balaban J connectivity index is 0.000000396. The zero-order valence-corrected chi connectivity index (χ0v) is 12.5. The van der Waals surface area contributed by atoms with Crippen molar-refractivity contribution in [1.29, 1.82) is 5.26 Å². The molecule has 1 aromatic carbocycles. The molecule has 0 aliphatic heterocycles. The average Bonchev–Trinajstić information content (AvgIpc) is 3.06. The molecular weight excluding hydrogens is 276 g/mol. The lowest BCUT2D eigenvalue weighted by Crippen LogP contribution is -1.99. The normalized spacial score (nSPS) is 9.50. The molecule has 0 amide bonds. The highest BCUT2D eigenvalue weighted by molar-refractivity contribution is 5.47. The topological polar surface area (TPSA) is 80.3 Å². The highest BCUT2D eigenvalue weighted by atomic mass is 15.6. The highest BCUT2D eigenvalue weighted by Crippen LogP contribution is 2.12. The minimum Gasteiger partial charge on any atom is -0.253 e. The average molecular weight is 292 g/mol. The first-order valence-electron chi connectivity index (χ1n) is 6.90. The van der Waals surface area contributed by atoms with Crippen LogP contribution in [-0.4, -0.2) is 25.2 Å². The number of nitrogens with zero attached hydrogens (tertiary/aromatic N) is 6. The van der Waals surface area contributed by atoms with Crippen molar-refractivity contribution in [3.05, 3.63) is 54.2 Å². The van der Waals surface area contributed by atoms with Crippen molar-refractivity contribution >= 4 is 0 Å². The van der Waals surface area contributed by atoms with E-state index < -0.39 is 0 Å². The van der Waals surface area contributed by atoms with E-state index in [0.29, 0.717) is 12.2 Å². The second-order valence-electron chi connectivity index (χ2n) is 4.47. The summed E-state index contributed by atoms with van der Waals surface area (Å²) in [5, 5.41) is 20.0. The molecule has 110 valence electrons. The molecule has 0 spiro atoms. The summed E-state index contributed by atoms with van der Waals surface area (Å²) in [4.78, 5) is 5.71. The molecule has 0 radical (unpaired) electrons. The summed E-state index contributed by atoms with van der Waals surface area (Å²) in [6.07, 6.45) is 2.34. The molecule has 0 aliphatic rings. The van der Waals surface area contributed by atoms with Gasteiger partial charge in [-0.05, 0) is 42.0 Å². The van der Waals surface area contributed by atoms with Gasteiger partial charge in [-0.25, -0.2) is 0 Å². The molecule has 0 saturated heterocycles. The van der Waals surface area contributed by atoms with Crippen LogP contribution in [0.1, 0.15) is 18.9 Å². The van der Waals surface area contributed by atoms with Gasteiger partial charge >= 0.3 is 0 Å². The first kappa shape index (κ1) is 15.3. The Morgan fingerprint density at radius 3 is 2.64 bits per heavy atom. The molecule has 2 aromatic heterocycles. The number of hydrogen-bond donors (Lipinski definition) is 0. The zero-order chi connectivity index (χ0) is 15.8. The van der Waals surface area contributed by atoms with Crippen molar-refractivity contribution in [1.82, 2.24) is 25.2 Å². The quantitative estimate of drug-likeness (QED) is 0.725. The maximum absolute atomic E-state index is 7.62. The molecule has 6 nitrogen and oxygen atoms in total. The summed E-state index contributed by atoms with van der Waals surface area (Å²) in [5.41, 5.74) is 2.77. The number of aromatic nitrogens is 5. The van der Waals surface area contributed by atoms with Crippen LogP contribution in [0.2, 0.25) is 0 Å². The van der Waals surface area contributed by atoms with Crippen LogP contribution >= 0.6 is 0 Å². The van der Waals surface area contributed by atoms with Crippen LogP contribution < -0.4 is 0 Å². The van der Waals surface area contributed by atoms with E-state index in [-0.39, 0.29) is 0 Å². The van der Waals surface area contributed by atoms with Crippen LogP contribution in [0.5, 0.6) is 0 Å². The molecule has 0 aliphatic carbocycles. The van der Waals surface area contributed by atoms with E-state index in [1.54, 1.807) is 6.20 Å². The molecule has 0 N–H and O–H groups in total. The van der Waals surface area contributed by atoms with Gasteiger partial charge in [0.15, 0.2) is 0 Å². The third kappa shape index (κ3) is 3.96. The van der Waals surface area contributed by atoms with E-state index in [0.717, 1.165) is 16.9 Å². The first-order valence-corrected chi connectivity index (χ1v) is 6.90. The third-order valence-corrected chi connectivity index (χ3v) is 2.70. The maximum atomic E-state index is 7.62. The van der Waals surface area contributed by atoms with Gasteiger partial charge in [0.05, 0.1) is 11.8 Å². The van der Waals surface area contributed by atoms with E-state index in [9.17, 15) is 0 Å². The second kappa shape index (κ2) is 7.64. The number of tetrazole rings is 1. The predicted octanol–water partition coefficient (Wildman–Crippen LogP) is 2.95. The number of pyridine rings is 1. The summed E-state index contributed by atoms with van der Waals surface area (Å²) < 4.78 is 0. The van der Waals surface area contributed by atoms with Gasteiger partial charge in [0.1, 0.15) is 5.69 Å². The Morgan fingerprint density at radius 2 is 2.00 bits per heavy atom. The van der Waals surface area contributed by atoms with Gasteiger partial charge < -0.3 is 0 Å². The van der Waals surface area contributed by atoms with Crippen LogP contribution in [0.15, 0.2) is 48.7 Å². The van der Waals surface area contributed by atoms with E-state index >= 15 is 0 Å². The van der Waals surface area contributed by atoms with Crippen LogP contribution in [0.25, 0.3) is 17.2 Å². The lowest BCUT2D eigenvalue weighted by molar-refractivity contribution is 0.719. The van der Waals surface area contributed by atoms with Crippen LogP contribution in [0.4, 0.5) is 0 Å². The number of hydrogen-bond acceptors (Lipinski definition) is 5. The number of aryl methyl sites for hydroxylation is 1. The zero-order valence-electron chi connectivity index (χ0n) is 12.5. The molecule has 0 unspecified atom stereocenters. The van der Waals surface area contributed by atoms with Crippen molar-refractivity contribution in [3.8, 4) is 23.3 Å². The number of rotatable bonds is 2. The molecule has 22 heavy (non-hydrogen) atoms. The van der Waals surface area contributed by atoms with Gasteiger partial charge in [-0.3, -0.25) is 4.98 Å². The summed E-state index contributed by atoms with van der Waals surface area (Å²) in [6, 6.07) is 15.5. The minimum atomic E-state index is 0.525. The Hall–Kier alpha value is -3.07. The van der Waals surface area contributed by atoms with E-state index in [1.165, 1.54) is 4.80 Å². The lowest BCUT2D eigenvalue weighted by Gasteiger charge is -1.98.